The molecule has 0 N–H and O–H groups in total. The van der Waals surface area contributed by atoms with E-state index in [4.69, 9.17) is 0 Å². The summed E-state index contributed by atoms with van der Waals surface area (Å²) in [5.41, 5.74) is 11.3. The Morgan fingerprint density at radius 2 is 0.981 bits per heavy atom. The van der Waals surface area contributed by atoms with Crippen LogP contribution in [0.5, 0.6) is 0 Å². The highest BCUT2D eigenvalue weighted by Gasteiger charge is 2.35. The van der Waals surface area contributed by atoms with Crippen molar-refractivity contribution < 1.29 is 0 Å². The average molecular weight is 700 g/mol. The van der Waals surface area contributed by atoms with E-state index in [0.717, 1.165) is 11.4 Å². The van der Waals surface area contributed by atoms with E-state index in [-0.39, 0.29) is 5.41 Å². The Balaban J connectivity index is 1.03. The summed E-state index contributed by atoms with van der Waals surface area (Å²) in [5.74, 6) is 0. The average Bonchev–Trinajstić information content (AvgIpc) is 3.81. The summed E-state index contributed by atoms with van der Waals surface area (Å²) < 4.78 is 5.32. The third kappa shape index (κ3) is 4.46. The van der Waals surface area contributed by atoms with Gasteiger partial charge in [0, 0.05) is 62.8 Å². The maximum atomic E-state index is 2.44. The molecular weight excluding hydrogens is 667 g/mol. The summed E-state index contributed by atoms with van der Waals surface area (Å²) in [7, 11) is 0. The van der Waals surface area contributed by atoms with Crippen LogP contribution in [-0.2, 0) is 5.41 Å². The molecule has 0 saturated heterocycles. The summed E-state index contributed by atoms with van der Waals surface area (Å²) in [6.45, 7) is 4.72. The van der Waals surface area contributed by atoms with Gasteiger partial charge in [0.2, 0.25) is 0 Å². The van der Waals surface area contributed by atoms with Crippen LogP contribution in [-0.4, -0.2) is 0 Å². The van der Waals surface area contributed by atoms with Gasteiger partial charge in [-0.3, -0.25) is 0 Å². The van der Waals surface area contributed by atoms with Gasteiger partial charge in [-0.1, -0.05) is 111 Å². The molecule has 1 aliphatic rings. The number of fused-ring (bicyclic) bond motifs is 10. The first-order chi connectivity index (χ1) is 25.5. The number of rotatable bonds is 4. The van der Waals surface area contributed by atoms with E-state index in [2.05, 4.69) is 183 Å². The minimum atomic E-state index is -0.0795. The van der Waals surface area contributed by atoms with Crippen LogP contribution < -0.4 is 4.90 Å². The molecule has 0 aliphatic heterocycles. The fourth-order valence-corrected chi connectivity index (χ4v) is 10.9. The number of anilines is 3. The number of hydrogen-bond donors (Lipinski definition) is 0. The number of nitrogens with zero attached hydrogens (tertiary/aromatic N) is 1. The number of benzene rings is 8. The van der Waals surface area contributed by atoms with Crippen LogP contribution in [0.3, 0.4) is 0 Å². The molecule has 0 amide bonds. The van der Waals surface area contributed by atoms with Crippen molar-refractivity contribution in [2.24, 2.45) is 0 Å². The lowest BCUT2D eigenvalue weighted by Gasteiger charge is -2.28. The topological polar surface area (TPSA) is 3.24 Å². The van der Waals surface area contributed by atoms with Gasteiger partial charge in [0.25, 0.3) is 0 Å². The Morgan fingerprint density at radius 1 is 0.385 bits per heavy atom. The smallest absolute Gasteiger partial charge is 0.0476 e. The SMILES string of the molecule is CC1(C)c2ccccc2-c2ccc(N(c3ccc(-c4ccc5cc6sc7ccccc7c6cc5c4)cc3)c3ccc4c(c3)sc3ccccc34)cc21. The van der Waals surface area contributed by atoms with Crippen molar-refractivity contribution in [3.63, 3.8) is 0 Å². The van der Waals surface area contributed by atoms with Crippen molar-refractivity contribution in [1.82, 2.24) is 0 Å². The maximum absolute atomic E-state index is 2.44. The molecule has 0 fully saturated rings. The molecule has 0 spiro atoms. The van der Waals surface area contributed by atoms with Gasteiger partial charge in [-0.25, -0.2) is 0 Å². The third-order valence-corrected chi connectivity index (χ3v) is 13.5. The molecule has 1 nitrogen and oxygen atoms in total. The Kier molecular flexibility index (Phi) is 6.41. The second kappa shape index (κ2) is 11.1. The van der Waals surface area contributed by atoms with Crippen LogP contribution in [0.1, 0.15) is 25.0 Å². The lowest BCUT2D eigenvalue weighted by Crippen LogP contribution is -2.16. The van der Waals surface area contributed by atoms with Gasteiger partial charge in [-0.05, 0) is 111 Å². The molecule has 3 heteroatoms. The van der Waals surface area contributed by atoms with Gasteiger partial charge in [0.05, 0.1) is 0 Å². The van der Waals surface area contributed by atoms with Crippen LogP contribution in [0.2, 0.25) is 0 Å². The zero-order valence-corrected chi connectivity index (χ0v) is 30.5. The fourth-order valence-electron chi connectivity index (χ4n) is 8.58. The molecule has 0 radical (unpaired) electrons. The molecule has 246 valence electrons. The van der Waals surface area contributed by atoms with Gasteiger partial charge in [0.15, 0.2) is 0 Å². The second-order valence-electron chi connectivity index (χ2n) is 14.6. The van der Waals surface area contributed by atoms with E-state index in [1.54, 1.807) is 0 Å². The number of thiophene rings is 2. The largest absolute Gasteiger partial charge is 0.310 e. The first-order valence-electron chi connectivity index (χ1n) is 17.9. The molecule has 1 aliphatic carbocycles. The van der Waals surface area contributed by atoms with E-state index in [0.29, 0.717) is 0 Å². The molecular formula is C49H33NS2. The Labute approximate surface area is 310 Å². The second-order valence-corrected chi connectivity index (χ2v) is 16.7. The highest BCUT2D eigenvalue weighted by atomic mass is 32.1. The molecule has 0 saturated carbocycles. The highest BCUT2D eigenvalue weighted by molar-refractivity contribution is 7.26. The van der Waals surface area contributed by atoms with Crippen LogP contribution >= 0.6 is 22.7 Å². The standard InChI is InChI=1S/C49H33NS2/c1-49(2)43-12-6-3-9-37(43)38-23-21-35(28-44(38)49)50(36-22-24-41-39-10-4-7-13-45(39)52-48(41)29-36)34-19-17-30(18-20-34)31-15-16-32-27-47-42(26-33(32)25-31)40-11-5-8-14-46(40)51-47/h3-29H,1-2H3. The zero-order valence-electron chi connectivity index (χ0n) is 28.9. The first kappa shape index (κ1) is 29.9. The van der Waals surface area contributed by atoms with Gasteiger partial charge in [0.1, 0.15) is 0 Å². The fraction of sp³-hybridized carbons (Fsp3) is 0.0612. The van der Waals surface area contributed by atoms with Gasteiger partial charge in [-0.2, -0.15) is 0 Å². The first-order valence-corrected chi connectivity index (χ1v) is 19.5. The Bertz CT molecular complexity index is 3050. The molecule has 2 aromatic heterocycles. The lowest BCUT2D eigenvalue weighted by atomic mass is 9.82. The van der Waals surface area contributed by atoms with Crippen LogP contribution in [0, 0.1) is 0 Å². The Morgan fingerprint density at radius 3 is 1.79 bits per heavy atom. The summed E-state index contributed by atoms with van der Waals surface area (Å²) in [6, 6.07) is 61.2. The lowest BCUT2D eigenvalue weighted by molar-refractivity contribution is 0.660. The quantitative estimate of drug-likeness (QED) is 0.177. The molecule has 0 unspecified atom stereocenters. The molecule has 2 heterocycles. The molecule has 0 atom stereocenters. The summed E-state index contributed by atoms with van der Waals surface area (Å²) >= 11 is 3.75. The predicted molar refractivity (Wildman–Crippen MR) is 227 cm³/mol. The maximum Gasteiger partial charge on any atom is 0.0476 e. The van der Waals surface area contributed by atoms with E-state index in [9.17, 15) is 0 Å². The molecule has 10 aromatic rings. The van der Waals surface area contributed by atoms with Crippen LogP contribution in [0.25, 0.3) is 73.4 Å². The van der Waals surface area contributed by atoms with E-state index >= 15 is 0 Å². The van der Waals surface area contributed by atoms with E-state index in [1.807, 2.05) is 22.7 Å². The van der Waals surface area contributed by atoms with E-state index in [1.165, 1.54) is 90.2 Å². The van der Waals surface area contributed by atoms with Crippen LogP contribution in [0.15, 0.2) is 164 Å². The zero-order chi connectivity index (χ0) is 34.6. The van der Waals surface area contributed by atoms with Crippen molar-refractivity contribution >= 4 is 90.9 Å². The van der Waals surface area contributed by atoms with Gasteiger partial charge in [-0.15, -0.1) is 22.7 Å². The monoisotopic (exact) mass is 699 g/mol. The minimum Gasteiger partial charge on any atom is -0.310 e. The van der Waals surface area contributed by atoms with Crippen molar-refractivity contribution in [2.45, 2.75) is 19.3 Å². The van der Waals surface area contributed by atoms with Crippen LogP contribution in [0.4, 0.5) is 17.1 Å². The summed E-state index contributed by atoms with van der Waals surface area (Å²) in [6.07, 6.45) is 0. The normalized spacial score (nSPS) is 13.3. The summed E-state index contributed by atoms with van der Waals surface area (Å²) in [4.78, 5) is 2.44. The van der Waals surface area contributed by atoms with Gasteiger partial charge >= 0.3 is 0 Å². The van der Waals surface area contributed by atoms with E-state index < -0.39 is 0 Å². The molecule has 52 heavy (non-hydrogen) atoms. The molecule has 11 rings (SSSR count). The molecule has 0 bridgehead atoms. The van der Waals surface area contributed by atoms with Gasteiger partial charge < -0.3 is 4.90 Å². The van der Waals surface area contributed by atoms with Crippen molar-refractivity contribution in [2.75, 3.05) is 4.90 Å². The highest BCUT2D eigenvalue weighted by Crippen LogP contribution is 2.51. The predicted octanol–water partition coefficient (Wildman–Crippen LogP) is 15.0. The summed E-state index contributed by atoms with van der Waals surface area (Å²) in [5, 5.41) is 7.88. The minimum absolute atomic E-state index is 0.0795. The molecule has 8 aromatic carbocycles. The Hall–Kier alpha value is -5.74. The van der Waals surface area contributed by atoms with Crippen molar-refractivity contribution in [1.29, 1.82) is 0 Å². The third-order valence-electron chi connectivity index (χ3n) is 11.2. The number of hydrogen-bond acceptors (Lipinski definition) is 3. The van der Waals surface area contributed by atoms with Crippen molar-refractivity contribution in [3.05, 3.63) is 175 Å². The van der Waals surface area contributed by atoms with Crippen molar-refractivity contribution in [3.8, 4) is 22.3 Å².